The van der Waals surface area contributed by atoms with Crippen LogP contribution in [0.25, 0.3) is 10.6 Å². The third kappa shape index (κ3) is 8.64. The van der Waals surface area contributed by atoms with E-state index in [1.54, 1.807) is 7.11 Å². The number of aromatic nitrogens is 2. The van der Waals surface area contributed by atoms with Gasteiger partial charge in [0.25, 0.3) is 5.91 Å². The lowest BCUT2D eigenvalue weighted by atomic mass is 10.2. The summed E-state index contributed by atoms with van der Waals surface area (Å²) < 4.78 is 10.6. The Labute approximate surface area is 163 Å². The van der Waals surface area contributed by atoms with Gasteiger partial charge in [0.05, 0.1) is 7.11 Å². The summed E-state index contributed by atoms with van der Waals surface area (Å²) >= 11 is 3.19. The Bertz CT molecular complexity index is 667. The minimum absolute atomic E-state index is 0.0218. The van der Waals surface area contributed by atoms with E-state index in [1.807, 2.05) is 43.0 Å². The number of hydrogen-bond acceptors (Lipinski definition) is 7. The van der Waals surface area contributed by atoms with Crippen LogP contribution in [0.1, 0.15) is 27.7 Å². The van der Waals surface area contributed by atoms with Crippen molar-refractivity contribution in [2.45, 2.75) is 32.4 Å². The van der Waals surface area contributed by atoms with E-state index in [1.165, 1.54) is 11.3 Å². The molecule has 6 nitrogen and oxygen atoms in total. The quantitative estimate of drug-likeness (QED) is 0.782. The molecule has 0 aliphatic carbocycles. The second kappa shape index (κ2) is 11.2. The molecular formula is C18H27N3O3S2. The Hall–Kier alpha value is -1.64. The van der Waals surface area contributed by atoms with Crippen LogP contribution in [0.5, 0.6) is 5.75 Å². The summed E-state index contributed by atoms with van der Waals surface area (Å²) in [7, 11) is 1.62. The fourth-order valence-electron chi connectivity index (χ4n) is 1.47. The van der Waals surface area contributed by atoms with E-state index in [0.29, 0.717) is 16.5 Å². The second-order valence-corrected chi connectivity index (χ2v) is 8.75. The molecule has 1 N–H and O–H groups in total. The highest BCUT2D eigenvalue weighted by atomic mass is 32.2. The van der Waals surface area contributed by atoms with Gasteiger partial charge < -0.3 is 9.47 Å². The highest BCUT2D eigenvalue weighted by Crippen LogP contribution is 2.27. The smallest absolute Gasteiger partial charge is 0.252 e. The van der Waals surface area contributed by atoms with Crippen molar-refractivity contribution in [1.29, 1.82) is 0 Å². The van der Waals surface area contributed by atoms with E-state index in [2.05, 4.69) is 42.5 Å². The fraction of sp³-hybridized carbons (Fsp3) is 0.500. The molecule has 0 saturated heterocycles. The van der Waals surface area contributed by atoms with Crippen LogP contribution in [0, 0.1) is 0 Å². The Balaban J connectivity index is 0.000000487. The van der Waals surface area contributed by atoms with E-state index < -0.39 is 0 Å². The summed E-state index contributed by atoms with van der Waals surface area (Å²) in [4.78, 5) is 11.5. The molecule has 8 heteroatoms. The second-order valence-electron chi connectivity index (χ2n) is 6.14. The lowest BCUT2D eigenvalue weighted by Gasteiger charge is -2.12. The van der Waals surface area contributed by atoms with Gasteiger partial charge in [-0.25, -0.2) is 0 Å². The van der Waals surface area contributed by atoms with Crippen molar-refractivity contribution < 1.29 is 14.3 Å². The van der Waals surface area contributed by atoms with E-state index in [9.17, 15) is 4.79 Å². The standard InChI is InChI=1S/C13H15N3O3S.C5H12S/c1-3-19-8-11(17)14-13-16-15-12(20-13)9-4-6-10(18-2)7-5-9;1-5(2,3)6-4/h4-7H,3,8H2,1-2H3,(H,14,16,17);1-4H3. The average molecular weight is 398 g/mol. The molecule has 0 bridgehead atoms. The number of hydrogen-bond donors (Lipinski definition) is 1. The molecule has 144 valence electrons. The van der Waals surface area contributed by atoms with Crippen LogP contribution in [-0.2, 0) is 9.53 Å². The topological polar surface area (TPSA) is 73.3 Å². The predicted octanol–water partition coefficient (Wildman–Crippen LogP) is 4.34. The number of nitrogens with zero attached hydrogens (tertiary/aromatic N) is 2. The van der Waals surface area contributed by atoms with Crippen molar-refractivity contribution in [2.24, 2.45) is 0 Å². The molecular weight excluding hydrogens is 370 g/mol. The predicted molar refractivity (Wildman–Crippen MR) is 110 cm³/mol. The maximum atomic E-state index is 11.5. The van der Waals surface area contributed by atoms with Gasteiger partial charge >= 0.3 is 0 Å². The normalized spacial score (nSPS) is 10.7. The van der Waals surface area contributed by atoms with Crippen LogP contribution in [0.3, 0.4) is 0 Å². The minimum atomic E-state index is -0.232. The monoisotopic (exact) mass is 397 g/mol. The van der Waals surface area contributed by atoms with Crippen molar-refractivity contribution >= 4 is 34.1 Å². The van der Waals surface area contributed by atoms with Crippen molar-refractivity contribution in [1.82, 2.24) is 10.2 Å². The molecule has 0 fully saturated rings. The number of carbonyl (C=O) groups excluding carboxylic acids is 1. The maximum absolute atomic E-state index is 11.5. The molecule has 1 amide bonds. The number of nitrogens with one attached hydrogen (secondary N) is 1. The fourth-order valence-corrected chi connectivity index (χ4v) is 2.24. The van der Waals surface area contributed by atoms with Gasteiger partial charge in [-0.3, -0.25) is 10.1 Å². The van der Waals surface area contributed by atoms with Gasteiger partial charge in [-0.2, -0.15) is 11.8 Å². The molecule has 0 unspecified atom stereocenters. The van der Waals surface area contributed by atoms with Gasteiger partial charge in [0, 0.05) is 16.9 Å². The molecule has 1 aromatic carbocycles. The van der Waals surface area contributed by atoms with Gasteiger partial charge in [0.2, 0.25) is 5.13 Å². The Morgan fingerprint density at radius 3 is 2.35 bits per heavy atom. The third-order valence-electron chi connectivity index (χ3n) is 3.06. The molecule has 0 aliphatic heterocycles. The van der Waals surface area contributed by atoms with Gasteiger partial charge in [-0.15, -0.1) is 10.2 Å². The number of carbonyl (C=O) groups is 1. The molecule has 0 saturated carbocycles. The lowest BCUT2D eigenvalue weighted by molar-refractivity contribution is -0.120. The van der Waals surface area contributed by atoms with Crippen molar-refractivity contribution in [3.63, 3.8) is 0 Å². The maximum Gasteiger partial charge on any atom is 0.252 e. The van der Waals surface area contributed by atoms with Gasteiger partial charge in [-0.05, 0) is 37.4 Å². The molecule has 0 radical (unpaired) electrons. The lowest BCUT2D eigenvalue weighted by Crippen LogP contribution is -2.17. The molecule has 0 atom stereocenters. The summed E-state index contributed by atoms with van der Waals surface area (Å²) in [5.74, 6) is 0.549. The number of anilines is 1. The summed E-state index contributed by atoms with van der Waals surface area (Å²) in [6.45, 7) is 8.97. The largest absolute Gasteiger partial charge is 0.497 e. The Kier molecular flexibility index (Phi) is 9.61. The van der Waals surface area contributed by atoms with Gasteiger partial charge in [-0.1, -0.05) is 32.1 Å². The summed E-state index contributed by atoms with van der Waals surface area (Å²) in [5, 5.41) is 11.8. The Morgan fingerprint density at radius 2 is 1.85 bits per heavy atom. The molecule has 2 aromatic rings. The summed E-state index contributed by atoms with van der Waals surface area (Å²) in [6, 6.07) is 7.49. The number of rotatable bonds is 6. The first-order valence-electron chi connectivity index (χ1n) is 8.19. The van der Waals surface area contributed by atoms with Gasteiger partial charge in [0.1, 0.15) is 17.4 Å². The number of thioether (sulfide) groups is 1. The highest BCUT2D eigenvalue weighted by molar-refractivity contribution is 7.99. The molecule has 0 aliphatic rings. The van der Waals surface area contributed by atoms with E-state index in [-0.39, 0.29) is 12.5 Å². The molecule has 2 rings (SSSR count). The number of ether oxygens (including phenoxy) is 2. The van der Waals surface area contributed by atoms with E-state index in [4.69, 9.17) is 9.47 Å². The van der Waals surface area contributed by atoms with Crippen molar-refractivity contribution in [3.8, 4) is 16.3 Å². The van der Waals surface area contributed by atoms with Crippen LogP contribution in [0.2, 0.25) is 0 Å². The number of methoxy groups -OCH3 is 1. The molecule has 1 heterocycles. The first kappa shape index (κ1) is 22.4. The summed E-state index contributed by atoms with van der Waals surface area (Å²) in [5.41, 5.74) is 0.925. The van der Waals surface area contributed by atoms with Crippen molar-refractivity contribution in [2.75, 3.05) is 31.9 Å². The minimum Gasteiger partial charge on any atom is -0.497 e. The third-order valence-corrected chi connectivity index (χ3v) is 5.17. The molecule has 0 spiro atoms. The first-order chi connectivity index (χ1) is 12.3. The van der Waals surface area contributed by atoms with Crippen LogP contribution in [0.4, 0.5) is 5.13 Å². The summed E-state index contributed by atoms with van der Waals surface area (Å²) in [6.07, 6.45) is 2.12. The zero-order valence-corrected chi connectivity index (χ0v) is 17.8. The number of amides is 1. The zero-order valence-electron chi connectivity index (χ0n) is 16.2. The Morgan fingerprint density at radius 1 is 1.23 bits per heavy atom. The van der Waals surface area contributed by atoms with Gasteiger partial charge in [0.15, 0.2) is 0 Å². The zero-order chi connectivity index (χ0) is 19.6. The first-order valence-corrected chi connectivity index (χ1v) is 10.2. The molecule has 26 heavy (non-hydrogen) atoms. The van der Waals surface area contributed by atoms with Crippen LogP contribution in [-0.4, -0.2) is 47.4 Å². The van der Waals surface area contributed by atoms with Crippen LogP contribution in [0.15, 0.2) is 24.3 Å². The van der Waals surface area contributed by atoms with Crippen LogP contribution >= 0.6 is 23.1 Å². The SMILES string of the molecule is CCOCC(=O)Nc1nnc(-c2ccc(OC)cc2)s1.CSC(C)(C)C. The van der Waals surface area contributed by atoms with Crippen molar-refractivity contribution in [3.05, 3.63) is 24.3 Å². The molecule has 1 aromatic heterocycles. The van der Waals surface area contributed by atoms with E-state index in [0.717, 1.165) is 16.3 Å². The highest BCUT2D eigenvalue weighted by Gasteiger charge is 2.09. The van der Waals surface area contributed by atoms with E-state index >= 15 is 0 Å². The average Bonchev–Trinajstić information content (AvgIpc) is 3.08. The van der Waals surface area contributed by atoms with Crippen LogP contribution < -0.4 is 10.1 Å². The number of benzene rings is 1.